The maximum Gasteiger partial charge on any atom is 0.202 e. The van der Waals surface area contributed by atoms with Crippen LogP contribution in [-0.2, 0) is 29.2 Å². The standard InChI is InChI=1S/C38H67F2O5PSi2/c1-13-46(42,43-8)24-17-15-14-16-21-33-34(36(28-35(33)41)45-48(11,12)38(5,6)7)23-22-32(44-47(9,10)37(2,3)4)20-18-19-29-25-30(39)27-31(40)26-29/h14,16,25-27,32-34,36H,13,15,17-24,28H2,1-12H3/t32-,33+,34+,36+,46?/m0/s1. The van der Waals surface area contributed by atoms with E-state index in [0.29, 0.717) is 37.1 Å². The third-order valence-corrected chi connectivity index (χ3v) is 23.0. The number of aryl methyl sites for hydroxylation is 1. The van der Waals surface area contributed by atoms with Gasteiger partial charge >= 0.3 is 0 Å². The lowest BCUT2D eigenvalue weighted by Gasteiger charge is -2.41. The van der Waals surface area contributed by atoms with Crippen LogP contribution in [0.2, 0.25) is 36.3 Å². The molecule has 0 spiro atoms. The zero-order valence-electron chi connectivity index (χ0n) is 32.2. The van der Waals surface area contributed by atoms with Crippen LogP contribution in [0.1, 0.15) is 105 Å². The Bertz CT molecular complexity index is 1230. The summed E-state index contributed by atoms with van der Waals surface area (Å²) in [6.07, 6.45) is 11.7. The number of rotatable bonds is 19. The second-order valence-electron chi connectivity index (χ2n) is 17.0. The largest absolute Gasteiger partial charge is 0.414 e. The third kappa shape index (κ3) is 13.0. The van der Waals surface area contributed by atoms with Crippen LogP contribution >= 0.6 is 7.37 Å². The molecule has 1 saturated carbocycles. The van der Waals surface area contributed by atoms with Crippen molar-refractivity contribution in [1.29, 1.82) is 0 Å². The highest BCUT2D eigenvalue weighted by atomic mass is 31.2. The van der Waals surface area contributed by atoms with Crippen molar-refractivity contribution in [3.63, 3.8) is 0 Å². The van der Waals surface area contributed by atoms with Gasteiger partial charge in [0, 0.05) is 43.9 Å². The van der Waals surface area contributed by atoms with E-state index in [1.807, 2.05) is 6.92 Å². The lowest BCUT2D eigenvalue weighted by molar-refractivity contribution is -0.121. The van der Waals surface area contributed by atoms with Gasteiger partial charge in [0.25, 0.3) is 0 Å². The Morgan fingerprint density at radius 3 is 2.08 bits per heavy atom. The van der Waals surface area contributed by atoms with Crippen LogP contribution in [0.25, 0.3) is 0 Å². The van der Waals surface area contributed by atoms with Crippen molar-refractivity contribution in [3.05, 3.63) is 47.5 Å². The predicted molar refractivity (Wildman–Crippen MR) is 202 cm³/mol. The topological polar surface area (TPSA) is 61.8 Å². The summed E-state index contributed by atoms with van der Waals surface area (Å²) in [6, 6.07) is 3.74. The summed E-state index contributed by atoms with van der Waals surface area (Å²) in [5.74, 6) is -0.839. The number of hydrogen-bond donors (Lipinski definition) is 0. The number of benzene rings is 1. The van der Waals surface area contributed by atoms with Crippen LogP contribution in [-0.4, -0.2) is 54.1 Å². The lowest BCUT2D eigenvalue weighted by atomic mass is 9.86. The molecule has 10 heteroatoms. The van der Waals surface area contributed by atoms with Gasteiger partial charge in [-0.15, -0.1) is 0 Å². The van der Waals surface area contributed by atoms with Gasteiger partial charge in [-0.25, -0.2) is 8.78 Å². The molecule has 1 aliphatic carbocycles. The minimum absolute atomic E-state index is 0.0141. The first kappa shape index (κ1) is 43.2. The van der Waals surface area contributed by atoms with Gasteiger partial charge in [0.2, 0.25) is 7.37 Å². The summed E-state index contributed by atoms with van der Waals surface area (Å²) in [5.41, 5.74) is 0.661. The molecule has 1 aliphatic rings. The number of unbranched alkanes of at least 4 members (excludes halogenated alkanes) is 1. The maximum atomic E-state index is 13.9. The molecule has 0 saturated heterocycles. The van der Waals surface area contributed by atoms with E-state index in [1.165, 1.54) is 19.2 Å². The lowest BCUT2D eigenvalue weighted by Crippen LogP contribution is -2.45. The van der Waals surface area contributed by atoms with E-state index in [9.17, 15) is 18.1 Å². The van der Waals surface area contributed by atoms with Gasteiger partial charge in [0.05, 0.1) is 6.10 Å². The SMILES string of the molecule is CCP(=O)(CCCC=CC[C@H]1C(=O)C[C@@H](O[Si](C)(C)C(C)(C)C)[C@@H]1CC[C@H](CCCc1cc(F)cc(F)c1)O[Si](C)(C)C(C)(C)C)OC. The average molecular weight is 729 g/mol. The van der Waals surface area contributed by atoms with Gasteiger partial charge in [-0.05, 0) is 111 Å². The van der Waals surface area contributed by atoms with Crippen LogP contribution in [0, 0.1) is 23.5 Å². The highest BCUT2D eigenvalue weighted by molar-refractivity contribution is 7.58. The molecular formula is C38H67F2O5PSi2. The number of hydrogen-bond acceptors (Lipinski definition) is 5. The number of halogens is 2. The third-order valence-electron chi connectivity index (χ3n) is 11.3. The van der Waals surface area contributed by atoms with Gasteiger partial charge in [0.1, 0.15) is 17.4 Å². The summed E-state index contributed by atoms with van der Waals surface area (Å²) in [5, 5.41) is 0.0682. The van der Waals surface area contributed by atoms with E-state index in [1.54, 1.807) is 0 Å². The molecule has 276 valence electrons. The minimum atomic E-state index is -2.53. The van der Waals surface area contributed by atoms with Crippen molar-refractivity contribution >= 4 is 29.8 Å². The molecule has 1 aromatic carbocycles. The quantitative estimate of drug-likeness (QED) is 0.0614. The zero-order valence-corrected chi connectivity index (χ0v) is 35.1. The predicted octanol–water partition coefficient (Wildman–Crippen LogP) is 11.7. The molecule has 5 nitrogen and oxygen atoms in total. The molecule has 1 aromatic rings. The average Bonchev–Trinajstić information content (AvgIpc) is 3.23. The molecule has 0 bridgehead atoms. The minimum Gasteiger partial charge on any atom is -0.414 e. The number of carbonyl (C=O) groups excluding carboxylic acids is 1. The Kier molecular flexibility index (Phi) is 16.2. The van der Waals surface area contributed by atoms with Gasteiger partial charge < -0.3 is 13.4 Å². The fourth-order valence-corrected chi connectivity index (χ4v) is 10.3. The van der Waals surface area contributed by atoms with Crippen molar-refractivity contribution in [1.82, 2.24) is 0 Å². The summed E-state index contributed by atoms with van der Waals surface area (Å²) < 4.78 is 59.6. The molecule has 0 radical (unpaired) electrons. The van der Waals surface area contributed by atoms with Crippen LogP contribution in [0.5, 0.6) is 0 Å². The molecule has 0 aromatic heterocycles. The van der Waals surface area contributed by atoms with Crippen molar-refractivity contribution in [3.8, 4) is 0 Å². The molecule has 5 atom stereocenters. The number of Topliss-reactive ketones (excluding diaryl/α,β-unsaturated/α-hetero) is 1. The maximum absolute atomic E-state index is 13.9. The Balaban J connectivity index is 2.25. The van der Waals surface area contributed by atoms with Crippen molar-refractivity contribution in [2.24, 2.45) is 11.8 Å². The molecule has 48 heavy (non-hydrogen) atoms. The fourth-order valence-electron chi connectivity index (χ4n) is 6.09. The molecule has 0 amide bonds. The summed E-state index contributed by atoms with van der Waals surface area (Å²) in [6.45, 7) is 24.4. The van der Waals surface area contributed by atoms with E-state index >= 15 is 0 Å². The number of allylic oxidation sites excluding steroid dienone is 2. The first-order chi connectivity index (χ1) is 22.0. The van der Waals surface area contributed by atoms with E-state index in [2.05, 4.69) is 79.9 Å². The van der Waals surface area contributed by atoms with E-state index in [-0.39, 0.29) is 39.9 Å². The Labute approximate surface area is 294 Å². The van der Waals surface area contributed by atoms with E-state index < -0.39 is 35.6 Å². The Hall–Kier alpha value is -0.966. The van der Waals surface area contributed by atoms with Gasteiger partial charge in [-0.1, -0.05) is 60.6 Å². The summed E-state index contributed by atoms with van der Waals surface area (Å²) in [4.78, 5) is 13.6. The second kappa shape index (κ2) is 18.0. The molecular weight excluding hydrogens is 662 g/mol. The first-order valence-electron chi connectivity index (χ1n) is 18.2. The Morgan fingerprint density at radius 2 is 1.54 bits per heavy atom. The molecule has 0 N–H and O–H groups in total. The normalized spacial score (nSPS) is 21.6. The van der Waals surface area contributed by atoms with Gasteiger partial charge in [-0.3, -0.25) is 9.36 Å². The fraction of sp³-hybridized carbons (Fsp3) is 0.763. The van der Waals surface area contributed by atoms with Crippen molar-refractivity contribution < 1.29 is 31.5 Å². The first-order valence-corrected chi connectivity index (χ1v) is 26.0. The second-order valence-corrected chi connectivity index (χ2v) is 29.6. The van der Waals surface area contributed by atoms with Crippen LogP contribution < -0.4 is 0 Å². The number of carbonyl (C=O) groups is 1. The van der Waals surface area contributed by atoms with E-state index in [4.69, 9.17) is 13.4 Å². The monoisotopic (exact) mass is 728 g/mol. The van der Waals surface area contributed by atoms with Crippen molar-refractivity contribution in [2.75, 3.05) is 19.4 Å². The molecule has 2 rings (SSSR count). The number of ketones is 1. The summed E-state index contributed by atoms with van der Waals surface area (Å²) >= 11 is 0. The van der Waals surface area contributed by atoms with Crippen molar-refractivity contribution in [2.45, 2.75) is 155 Å². The summed E-state index contributed by atoms with van der Waals surface area (Å²) in [7, 11) is -5.23. The molecule has 0 heterocycles. The van der Waals surface area contributed by atoms with Crippen LogP contribution in [0.15, 0.2) is 30.4 Å². The molecule has 1 fully saturated rings. The molecule has 0 aliphatic heterocycles. The van der Waals surface area contributed by atoms with Gasteiger partial charge in [0.15, 0.2) is 16.6 Å². The highest BCUT2D eigenvalue weighted by Crippen LogP contribution is 2.47. The Morgan fingerprint density at radius 1 is 0.938 bits per heavy atom. The van der Waals surface area contributed by atoms with Crippen LogP contribution in [0.4, 0.5) is 8.78 Å². The highest BCUT2D eigenvalue weighted by Gasteiger charge is 2.48. The van der Waals surface area contributed by atoms with Gasteiger partial charge in [-0.2, -0.15) is 0 Å². The zero-order chi connectivity index (χ0) is 36.6. The van der Waals surface area contributed by atoms with Crippen LogP contribution in [0.3, 0.4) is 0 Å². The smallest absolute Gasteiger partial charge is 0.202 e. The van der Waals surface area contributed by atoms with E-state index in [0.717, 1.165) is 44.6 Å². The molecule has 1 unspecified atom stereocenters.